The number of aromatic amines is 1. The smallest absolute Gasteiger partial charge is 0.145 e. The summed E-state index contributed by atoms with van der Waals surface area (Å²) in [5, 5.41) is 16.1. The maximum Gasteiger partial charge on any atom is 0.145 e. The van der Waals surface area contributed by atoms with E-state index in [9.17, 15) is 5.11 Å². The Morgan fingerprint density at radius 3 is 2.86 bits per heavy atom. The normalized spacial score (nSPS) is 10.4. The maximum atomic E-state index is 9.50. The summed E-state index contributed by atoms with van der Waals surface area (Å²) in [6.45, 7) is 1.85. The predicted octanol–water partition coefficient (Wildman–Crippen LogP) is 1.67. The lowest BCUT2D eigenvalue weighted by Gasteiger charge is -2.04. The molecular weight excluding hydrogens is 178 g/mol. The first-order chi connectivity index (χ1) is 6.68. The summed E-state index contributed by atoms with van der Waals surface area (Å²) in [7, 11) is 0. The van der Waals surface area contributed by atoms with Crippen LogP contribution in [0.15, 0.2) is 24.3 Å². The highest BCUT2D eigenvalue weighted by atomic mass is 16.3. The third-order valence-corrected chi connectivity index (χ3v) is 2.19. The fraction of sp³-hybridized carbons (Fsp3) is 0.100. The van der Waals surface area contributed by atoms with Gasteiger partial charge in [0.2, 0.25) is 0 Å². The molecule has 1 aromatic heterocycles. The molecule has 0 spiro atoms. The van der Waals surface area contributed by atoms with Crippen molar-refractivity contribution in [3.05, 3.63) is 29.8 Å². The van der Waals surface area contributed by atoms with E-state index >= 15 is 0 Å². The Balaban J connectivity index is 2.57. The fourth-order valence-electron chi connectivity index (χ4n) is 1.39. The highest BCUT2D eigenvalue weighted by molar-refractivity contribution is 5.68. The molecule has 0 saturated carbocycles. The number of phenolic OH excluding ortho intramolecular Hbond substituents is 1. The van der Waals surface area contributed by atoms with E-state index in [-0.39, 0.29) is 5.75 Å². The van der Waals surface area contributed by atoms with Gasteiger partial charge in [0.15, 0.2) is 0 Å². The lowest BCUT2D eigenvalue weighted by molar-refractivity contribution is 0.471. The van der Waals surface area contributed by atoms with Gasteiger partial charge in [-0.15, -0.1) is 0 Å². The molecule has 0 atom stereocenters. The number of nitrogens with one attached hydrogen (secondary N) is 1. The zero-order valence-electron chi connectivity index (χ0n) is 7.78. The van der Waals surface area contributed by atoms with Crippen molar-refractivity contribution in [2.75, 3.05) is 5.73 Å². The number of hydrogen-bond donors (Lipinski definition) is 3. The summed E-state index contributed by atoms with van der Waals surface area (Å²) in [6, 6.07) is 7.08. The molecule has 2 aromatic rings. The lowest BCUT2D eigenvalue weighted by Crippen LogP contribution is -1.83. The second kappa shape index (κ2) is 3.06. The van der Waals surface area contributed by atoms with E-state index in [0.717, 1.165) is 16.8 Å². The van der Waals surface area contributed by atoms with Crippen molar-refractivity contribution < 1.29 is 5.11 Å². The van der Waals surface area contributed by atoms with Crippen LogP contribution in [0.4, 0.5) is 5.82 Å². The number of phenols is 1. The molecule has 0 saturated heterocycles. The van der Waals surface area contributed by atoms with Crippen LogP contribution in [0.25, 0.3) is 11.3 Å². The molecule has 4 heteroatoms. The molecule has 4 N–H and O–H groups in total. The van der Waals surface area contributed by atoms with Crippen molar-refractivity contribution in [2.45, 2.75) is 6.92 Å². The van der Waals surface area contributed by atoms with Gasteiger partial charge in [-0.05, 0) is 13.0 Å². The largest absolute Gasteiger partial charge is 0.508 e. The molecule has 14 heavy (non-hydrogen) atoms. The molecular formula is C10H11N3O. The number of aromatic hydroxyl groups is 1. The van der Waals surface area contributed by atoms with Crippen LogP contribution in [0.1, 0.15) is 5.56 Å². The summed E-state index contributed by atoms with van der Waals surface area (Å²) in [5.41, 5.74) is 8.04. The first-order valence-electron chi connectivity index (χ1n) is 4.28. The molecule has 4 nitrogen and oxygen atoms in total. The Kier molecular flexibility index (Phi) is 1.89. The molecule has 0 fully saturated rings. The van der Waals surface area contributed by atoms with Gasteiger partial charge in [0.05, 0.1) is 5.69 Å². The van der Waals surface area contributed by atoms with Gasteiger partial charge in [-0.2, -0.15) is 5.10 Å². The Bertz CT molecular complexity index is 462. The average molecular weight is 189 g/mol. The average Bonchev–Trinajstić information content (AvgIpc) is 2.57. The standard InChI is InChI=1S/C10H11N3O/c1-6-7(3-2-4-9(6)14)8-5-10(11)13-12-8/h2-5,14H,1H3,(H3,11,12,13). The van der Waals surface area contributed by atoms with Crippen molar-refractivity contribution in [2.24, 2.45) is 0 Å². The van der Waals surface area contributed by atoms with Crippen molar-refractivity contribution in [1.29, 1.82) is 0 Å². The minimum atomic E-state index is 0.274. The molecule has 2 rings (SSSR count). The summed E-state index contributed by atoms with van der Waals surface area (Å²) in [6.07, 6.45) is 0. The summed E-state index contributed by atoms with van der Waals surface area (Å²) >= 11 is 0. The zero-order valence-corrected chi connectivity index (χ0v) is 7.78. The third-order valence-electron chi connectivity index (χ3n) is 2.19. The molecule has 0 aliphatic rings. The molecule has 72 valence electrons. The number of anilines is 1. The van der Waals surface area contributed by atoms with Gasteiger partial charge >= 0.3 is 0 Å². The van der Waals surface area contributed by atoms with E-state index in [0.29, 0.717) is 5.82 Å². The monoisotopic (exact) mass is 189 g/mol. The first kappa shape index (κ1) is 8.62. The lowest BCUT2D eigenvalue weighted by atomic mass is 10.1. The molecule has 0 bridgehead atoms. The molecule has 0 aliphatic carbocycles. The summed E-state index contributed by atoms with van der Waals surface area (Å²) in [5.74, 6) is 0.721. The van der Waals surface area contributed by atoms with Crippen molar-refractivity contribution in [3.63, 3.8) is 0 Å². The van der Waals surface area contributed by atoms with Crippen LogP contribution in [0.2, 0.25) is 0 Å². The van der Waals surface area contributed by atoms with E-state index in [2.05, 4.69) is 10.2 Å². The number of aromatic nitrogens is 2. The number of nitrogens with zero attached hydrogens (tertiary/aromatic N) is 1. The number of rotatable bonds is 1. The van der Waals surface area contributed by atoms with Gasteiger partial charge in [-0.25, -0.2) is 0 Å². The van der Waals surface area contributed by atoms with Crippen LogP contribution in [0.5, 0.6) is 5.75 Å². The van der Waals surface area contributed by atoms with Gasteiger partial charge in [-0.3, -0.25) is 5.10 Å². The molecule has 0 unspecified atom stereocenters. The molecule has 0 radical (unpaired) electrons. The van der Waals surface area contributed by atoms with Crippen molar-refractivity contribution >= 4 is 5.82 Å². The van der Waals surface area contributed by atoms with Gasteiger partial charge < -0.3 is 10.8 Å². The number of nitrogens with two attached hydrogens (primary N) is 1. The molecule has 1 heterocycles. The number of benzene rings is 1. The topological polar surface area (TPSA) is 74.9 Å². The quantitative estimate of drug-likeness (QED) is 0.638. The van der Waals surface area contributed by atoms with Gasteiger partial charge in [0.25, 0.3) is 0 Å². The van der Waals surface area contributed by atoms with E-state index in [1.807, 2.05) is 13.0 Å². The Hall–Kier alpha value is -1.97. The van der Waals surface area contributed by atoms with Gasteiger partial charge in [0, 0.05) is 17.2 Å². The SMILES string of the molecule is Cc1c(O)cccc1-c1cc(N)n[nH]1. The Labute approximate surface area is 81.4 Å². The fourth-order valence-corrected chi connectivity index (χ4v) is 1.39. The van der Waals surface area contributed by atoms with Crippen molar-refractivity contribution in [3.8, 4) is 17.0 Å². The first-order valence-corrected chi connectivity index (χ1v) is 4.28. The van der Waals surface area contributed by atoms with E-state index < -0.39 is 0 Å². The van der Waals surface area contributed by atoms with E-state index in [1.54, 1.807) is 18.2 Å². The van der Waals surface area contributed by atoms with Crippen LogP contribution in [0, 0.1) is 6.92 Å². The number of hydrogen-bond acceptors (Lipinski definition) is 3. The summed E-state index contributed by atoms with van der Waals surface area (Å²) < 4.78 is 0. The van der Waals surface area contributed by atoms with Crippen LogP contribution in [-0.4, -0.2) is 15.3 Å². The number of H-pyrrole nitrogens is 1. The second-order valence-electron chi connectivity index (χ2n) is 3.16. The molecule has 0 aliphatic heterocycles. The molecule has 0 amide bonds. The minimum absolute atomic E-state index is 0.274. The van der Waals surface area contributed by atoms with E-state index in [1.165, 1.54) is 0 Å². The van der Waals surface area contributed by atoms with Crippen LogP contribution >= 0.6 is 0 Å². The second-order valence-corrected chi connectivity index (χ2v) is 3.16. The summed E-state index contributed by atoms with van der Waals surface area (Å²) in [4.78, 5) is 0. The van der Waals surface area contributed by atoms with E-state index in [4.69, 9.17) is 5.73 Å². The highest BCUT2D eigenvalue weighted by Crippen LogP contribution is 2.28. The Morgan fingerprint density at radius 1 is 1.43 bits per heavy atom. The maximum absolute atomic E-state index is 9.50. The van der Waals surface area contributed by atoms with Crippen LogP contribution in [-0.2, 0) is 0 Å². The highest BCUT2D eigenvalue weighted by Gasteiger charge is 2.06. The predicted molar refractivity (Wildman–Crippen MR) is 54.8 cm³/mol. The van der Waals surface area contributed by atoms with Crippen LogP contribution in [0.3, 0.4) is 0 Å². The minimum Gasteiger partial charge on any atom is -0.508 e. The van der Waals surface area contributed by atoms with Gasteiger partial charge in [0.1, 0.15) is 11.6 Å². The Morgan fingerprint density at radius 2 is 2.21 bits per heavy atom. The molecule has 1 aromatic carbocycles. The third kappa shape index (κ3) is 1.31. The number of nitrogen functional groups attached to an aromatic ring is 1. The van der Waals surface area contributed by atoms with Crippen LogP contribution < -0.4 is 5.73 Å². The zero-order chi connectivity index (χ0) is 10.1. The van der Waals surface area contributed by atoms with Gasteiger partial charge in [-0.1, -0.05) is 12.1 Å². The van der Waals surface area contributed by atoms with Crippen molar-refractivity contribution in [1.82, 2.24) is 10.2 Å².